The van der Waals surface area contributed by atoms with Gasteiger partial charge in [0.25, 0.3) is 0 Å². The summed E-state index contributed by atoms with van der Waals surface area (Å²) in [6.45, 7) is 12.4. The number of likely N-dealkylation sites (tertiary alicyclic amines) is 1. The number of fused-ring (bicyclic) bond motifs is 1. The quantitative estimate of drug-likeness (QED) is 0.736. The Kier molecular flexibility index (Phi) is 7.15. The zero-order valence-electron chi connectivity index (χ0n) is 19.6. The van der Waals surface area contributed by atoms with E-state index < -0.39 is 0 Å². The second-order valence-corrected chi connectivity index (χ2v) is 8.82. The summed E-state index contributed by atoms with van der Waals surface area (Å²) in [7, 11) is 0. The molecule has 2 fully saturated rings. The molecule has 0 unspecified atom stereocenters. The molecule has 0 aliphatic carbocycles. The number of pyridine rings is 1. The Morgan fingerprint density at radius 1 is 1.12 bits per heavy atom. The van der Waals surface area contributed by atoms with Crippen LogP contribution < -0.4 is 5.73 Å². The highest BCUT2D eigenvalue weighted by atomic mass is 16.5. The Morgan fingerprint density at radius 2 is 1.81 bits per heavy atom. The van der Waals surface area contributed by atoms with Crippen LogP contribution in [0.4, 0.5) is 10.6 Å². The van der Waals surface area contributed by atoms with Gasteiger partial charge in [-0.05, 0) is 51.5 Å². The second-order valence-electron chi connectivity index (χ2n) is 8.82. The van der Waals surface area contributed by atoms with Gasteiger partial charge < -0.3 is 29.6 Å². The first kappa shape index (κ1) is 22.8. The van der Waals surface area contributed by atoms with E-state index in [1.165, 1.54) is 0 Å². The molecule has 2 aliphatic rings. The summed E-state index contributed by atoms with van der Waals surface area (Å²) in [6.07, 6.45) is 3.11. The molecule has 0 radical (unpaired) electrons. The number of imidazole rings is 1. The van der Waals surface area contributed by atoms with Crippen LogP contribution in [0, 0.1) is 19.8 Å². The third kappa shape index (κ3) is 4.68. The summed E-state index contributed by atoms with van der Waals surface area (Å²) in [4.78, 5) is 25.9. The molecule has 2 aliphatic heterocycles. The molecule has 0 atom stereocenters. The molecule has 0 aromatic carbocycles. The molecule has 4 heterocycles. The molecule has 32 heavy (non-hydrogen) atoms. The van der Waals surface area contributed by atoms with Gasteiger partial charge in [-0.15, -0.1) is 0 Å². The number of nitrogens with two attached hydrogens (primary N) is 1. The van der Waals surface area contributed by atoms with Crippen LogP contribution in [0.2, 0.25) is 0 Å². The number of anilines is 1. The van der Waals surface area contributed by atoms with Gasteiger partial charge in [-0.2, -0.15) is 0 Å². The zero-order chi connectivity index (χ0) is 22.7. The molecule has 2 N–H and O–H groups in total. The Hall–Kier alpha value is -2.39. The van der Waals surface area contributed by atoms with E-state index in [-0.39, 0.29) is 6.03 Å². The molecule has 0 spiro atoms. The third-order valence-corrected chi connectivity index (χ3v) is 6.84. The predicted octanol–water partition coefficient (Wildman–Crippen LogP) is 2.72. The van der Waals surface area contributed by atoms with Crippen LogP contribution in [-0.4, -0.2) is 76.4 Å². The van der Waals surface area contributed by atoms with Gasteiger partial charge in [0.2, 0.25) is 0 Å². The molecular formula is C23H36N6O3. The van der Waals surface area contributed by atoms with E-state index in [9.17, 15) is 4.79 Å². The molecule has 0 saturated carbocycles. The van der Waals surface area contributed by atoms with Crippen LogP contribution in [-0.2, 0) is 22.6 Å². The molecule has 2 amide bonds. The first-order valence-corrected chi connectivity index (χ1v) is 11.8. The molecule has 176 valence electrons. The first-order chi connectivity index (χ1) is 15.5. The second kappa shape index (κ2) is 10.0. The Bertz CT molecular complexity index is 945. The lowest BCUT2D eigenvalue weighted by atomic mass is 9.93. The average Bonchev–Trinajstić information content (AvgIpc) is 3.19. The highest BCUT2D eigenvalue weighted by Crippen LogP contribution is 2.29. The number of rotatable bonds is 6. The normalized spacial score (nSPS) is 18.0. The molecule has 4 rings (SSSR count). The summed E-state index contributed by atoms with van der Waals surface area (Å²) in [6, 6.07) is 0.167. The topological polar surface area (TPSA) is 98.7 Å². The summed E-state index contributed by atoms with van der Waals surface area (Å²) in [5.41, 5.74) is 10.1. The summed E-state index contributed by atoms with van der Waals surface area (Å²) < 4.78 is 13.3. The van der Waals surface area contributed by atoms with E-state index in [2.05, 4.69) is 16.5 Å². The summed E-state index contributed by atoms with van der Waals surface area (Å²) in [5.74, 6) is 1.97. The van der Waals surface area contributed by atoms with E-state index in [0.29, 0.717) is 51.3 Å². The number of piperidine rings is 1. The van der Waals surface area contributed by atoms with Crippen molar-refractivity contribution in [2.75, 3.05) is 51.7 Å². The lowest BCUT2D eigenvalue weighted by Crippen LogP contribution is -2.50. The number of morpholine rings is 1. The zero-order valence-corrected chi connectivity index (χ0v) is 19.6. The minimum Gasteiger partial charge on any atom is -0.382 e. The average molecular weight is 445 g/mol. The Labute approximate surface area is 189 Å². The van der Waals surface area contributed by atoms with Crippen molar-refractivity contribution in [3.63, 3.8) is 0 Å². The number of ether oxygens (including phenoxy) is 2. The Balaban J connectivity index is 1.42. The molecule has 9 heteroatoms. The summed E-state index contributed by atoms with van der Waals surface area (Å²) >= 11 is 0. The predicted molar refractivity (Wildman–Crippen MR) is 123 cm³/mol. The van der Waals surface area contributed by atoms with Gasteiger partial charge in [0.05, 0.1) is 18.7 Å². The van der Waals surface area contributed by atoms with Crippen molar-refractivity contribution in [2.45, 2.75) is 53.2 Å². The number of carbonyl (C=O) groups is 1. The van der Waals surface area contributed by atoms with Crippen molar-refractivity contribution in [1.82, 2.24) is 24.3 Å². The number of urea groups is 1. The minimum absolute atomic E-state index is 0.167. The van der Waals surface area contributed by atoms with Gasteiger partial charge in [-0.25, -0.2) is 14.8 Å². The van der Waals surface area contributed by atoms with Crippen molar-refractivity contribution in [3.05, 3.63) is 17.1 Å². The standard InChI is InChI=1S/C23H36N6O3/c1-4-31-15-19-26-20-21(16(2)17(3)25-22(20)24)29(19)10-7-18-5-8-27(9-6-18)23(30)28-11-13-32-14-12-28/h18H,4-15H2,1-3H3,(H2,24,25). The molecule has 9 nitrogen and oxygen atoms in total. The molecule has 0 bridgehead atoms. The lowest BCUT2D eigenvalue weighted by molar-refractivity contribution is 0.0398. The van der Waals surface area contributed by atoms with E-state index in [1.54, 1.807) is 0 Å². The highest BCUT2D eigenvalue weighted by molar-refractivity contribution is 5.88. The number of amides is 2. The maximum Gasteiger partial charge on any atom is 0.320 e. The van der Waals surface area contributed by atoms with Crippen molar-refractivity contribution >= 4 is 22.9 Å². The fourth-order valence-corrected chi connectivity index (χ4v) is 4.77. The van der Waals surface area contributed by atoms with Gasteiger partial charge >= 0.3 is 6.03 Å². The van der Waals surface area contributed by atoms with E-state index in [1.807, 2.05) is 23.6 Å². The maximum absolute atomic E-state index is 12.7. The summed E-state index contributed by atoms with van der Waals surface area (Å²) in [5, 5.41) is 0. The first-order valence-electron chi connectivity index (χ1n) is 11.8. The highest BCUT2D eigenvalue weighted by Gasteiger charge is 2.27. The number of hydrogen-bond donors (Lipinski definition) is 1. The van der Waals surface area contributed by atoms with Gasteiger partial charge in [0.1, 0.15) is 17.9 Å². The molecule has 2 aromatic heterocycles. The molecule has 2 aromatic rings. The monoisotopic (exact) mass is 444 g/mol. The minimum atomic E-state index is 0.167. The van der Waals surface area contributed by atoms with E-state index >= 15 is 0 Å². The molecule has 2 saturated heterocycles. The smallest absolute Gasteiger partial charge is 0.320 e. The van der Waals surface area contributed by atoms with Crippen LogP contribution in [0.25, 0.3) is 11.0 Å². The van der Waals surface area contributed by atoms with Gasteiger partial charge in [0, 0.05) is 45.0 Å². The SMILES string of the molecule is CCOCc1nc2c(N)nc(C)c(C)c2n1CCC1CCN(C(=O)N2CCOCC2)CC1. The van der Waals surface area contributed by atoms with E-state index in [0.717, 1.165) is 67.0 Å². The van der Waals surface area contributed by atoms with Gasteiger partial charge in [0.15, 0.2) is 5.82 Å². The fourth-order valence-electron chi connectivity index (χ4n) is 4.77. The number of nitrogens with zero attached hydrogens (tertiary/aromatic N) is 5. The largest absolute Gasteiger partial charge is 0.382 e. The number of aryl methyl sites for hydroxylation is 3. The Morgan fingerprint density at radius 3 is 2.50 bits per heavy atom. The van der Waals surface area contributed by atoms with Gasteiger partial charge in [-0.1, -0.05) is 0 Å². The van der Waals surface area contributed by atoms with Crippen LogP contribution >= 0.6 is 0 Å². The number of hydrogen-bond acceptors (Lipinski definition) is 6. The van der Waals surface area contributed by atoms with Crippen molar-refractivity contribution in [2.24, 2.45) is 5.92 Å². The van der Waals surface area contributed by atoms with E-state index in [4.69, 9.17) is 20.2 Å². The number of carbonyl (C=O) groups excluding carboxylic acids is 1. The van der Waals surface area contributed by atoms with Gasteiger partial charge in [-0.3, -0.25) is 0 Å². The van der Waals surface area contributed by atoms with Crippen molar-refractivity contribution in [3.8, 4) is 0 Å². The van der Waals surface area contributed by atoms with Crippen molar-refractivity contribution < 1.29 is 14.3 Å². The van der Waals surface area contributed by atoms with Crippen molar-refractivity contribution in [1.29, 1.82) is 0 Å². The lowest BCUT2D eigenvalue weighted by Gasteiger charge is -2.37. The van der Waals surface area contributed by atoms with Crippen LogP contribution in [0.3, 0.4) is 0 Å². The van der Waals surface area contributed by atoms with Crippen LogP contribution in [0.1, 0.15) is 43.3 Å². The van der Waals surface area contributed by atoms with Crippen LogP contribution in [0.15, 0.2) is 0 Å². The number of nitrogen functional groups attached to an aromatic ring is 1. The third-order valence-electron chi connectivity index (χ3n) is 6.84. The van der Waals surface area contributed by atoms with Crippen LogP contribution in [0.5, 0.6) is 0 Å². The fraction of sp³-hybridized carbons (Fsp3) is 0.696. The number of aromatic nitrogens is 3. The maximum atomic E-state index is 12.7. The molecular weight excluding hydrogens is 408 g/mol.